The molecule has 0 spiro atoms. The molecule has 0 aliphatic carbocycles. The van der Waals surface area contributed by atoms with E-state index in [-0.39, 0.29) is 32.8 Å². The second kappa shape index (κ2) is 9.56. The average molecular weight is 427 g/mol. The Bertz CT molecular complexity index is 709. The summed E-state index contributed by atoms with van der Waals surface area (Å²) in [5.41, 5.74) is 0.980. The molecule has 0 N–H and O–H groups in total. The van der Waals surface area contributed by atoms with E-state index in [0.29, 0.717) is 5.02 Å². The van der Waals surface area contributed by atoms with E-state index < -0.39 is 16.9 Å². The summed E-state index contributed by atoms with van der Waals surface area (Å²) in [6.45, 7) is 1.77. The van der Waals surface area contributed by atoms with Gasteiger partial charge in [0.15, 0.2) is 0 Å². The molecule has 0 saturated carbocycles. The minimum atomic E-state index is -1.36. The molecule has 5 nitrogen and oxygen atoms in total. The number of hydrogen-bond donors (Lipinski definition) is 0. The van der Waals surface area contributed by atoms with Crippen LogP contribution in [0.2, 0.25) is 5.02 Å². The fourth-order valence-electron chi connectivity index (χ4n) is 2.31. The summed E-state index contributed by atoms with van der Waals surface area (Å²) in [5, 5.41) is 12.0. The zero-order valence-corrected chi connectivity index (χ0v) is 16.1. The van der Waals surface area contributed by atoms with E-state index in [1.54, 1.807) is 19.1 Å². The average Bonchev–Trinajstić information content (AvgIpc) is 2.60. The van der Waals surface area contributed by atoms with Crippen LogP contribution in [-0.4, -0.2) is 38.5 Å². The molecule has 2 rings (SSSR count). The molecule has 132 valence electrons. The van der Waals surface area contributed by atoms with Crippen LogP contribution in [0.1, 0.15) is 23.7 Å². The summed E-state index contributed by atoms with van der Waals surface area (Å²) < 4.78 is 5.94. The Labute approximate surface area is 157 Å². The third-order valence-electron chi connectivity index (χ3n) is 3.51. The molecule has 0 heterocycles. The first kappa shape index (κ1) is 19.4. The van der Waals surface area contributed by atoms with Crippen LogP contribution in [0, 0.1) is 10.1 Å². The van der Waals surface area contributed by atoms with Gasteiger partial charge < -0.3 is 0 Å². The SMILES string of the molecule is CCOC(=O)C(CC([Se]c1ccc(Cl)cc1)c1ccccc1)[N+](=O)[O-]. The first-order chi connectivity index (χ1) is 12.0. The predicted octanol–water partition coefficient (Wildman–Crippen LogP) is 3.01. The van der Waals surface area contributed by atoms with Crippen LogP contribution in [0.15, 0.2) is 54.6 Å². The molecule has 0 aromatic heterocycles. The van der Waals surface area contributed by atoms with E-state index in [0.717, 1.165) is 10.0 Å². The number of carbonyl (C=O) groups excluding carboxylic acids is 1. The number of carbonyl (C=O) groups is 1. The van der Waals surface area contributed by atoms with Crippen molar-refractivity contribution in [3.8, 4) is 0 Å². The van der Waals surface area contributed by atoms with E-state index in [4.69, 9.17) is 16.3 Å². The second-order valence-electron chi connectivity index (χ2n) is 5.26. The van der Waals surface area contributed by atoms with Gasteiger partial charge in [-0.3, -0.25) is 0 Å². The summed E-state index contributed by atoms with van der Waals surface area (Å²) in [6, 6.07) is 15.6. The van der Waals surface area contributed by atoms with Crippen molar-refractivity contribution >= 4 is 37.0 Å². The molecule has 0 bridgehead atoms. The predicted molar refractivity (Wildman–Crippen MR) is 98.1 cm³/mol. The van der Waals surface area contributed by atoms with Crippen LogP contribution in [0.5, 0.6) is 0 Å². The van der Waals surface area contributed by atoms with E-state index in [1.165, 1.54) is 0 Å². The van der Waals surface area contributed by atoms with Crippen LogP contribution < -0.4 is 4.46 Å². The van der Waals surface area contributed by atoms with E-state index in [9.17, 15) is 14.9 Å². The molecule has 2 atom stereocenters. The van der Waals surface area contributed by atoms with Crippen molar-refractivity contribution in [3.63, 3.8) is 0 Å². The van der Waals surface area contributed by atoms with Crippen molar-refractivity contribution in [1.82, 2.24) is 0 Å². The fraction of sp³-hybridized carbons (Fsp3) is 0.278. The maximum absolute atomic E-state index is 12.0. The summed E-state index contributed by atoms with van der Waals surface area (Å²) in [4.78, 5) is 22.7. The summed E-state index contributed by atoms with van der Waals surface area (Å²) in [6.07, 6.45) is 0.110. The van der Waals surface area contributed by atoms with E-state index in [1.807, 2.05) is 42.5 Å². The summed E-state index contributed by atoms with van der Waals surface area (Å²) in [7, 11) is 0. The van der Waals surface area contributed by atoms with Crippen molar-refractivity contribution in [2.24, 2.45) is 0 Å². The normalized spacial score (nSPS) is 13.0. The minimum absolute atomic E-state index is 0.0906. The summed E-state index contributed by atoms with van der Waals surface area (Å²) in [5.74, 6) is -0.777. The zero-order valence-electron chi connectivity index (χ0n) is 13.6. The van der Waals surface area contributed by atoms with Crippen LogP contribution in [0.25, 0.3) is 0 Å². The Morgan fingerprint density at radius 3 is 2.40 bits per heavy atom. The maximum atomic E-state index is 12.0. The molecule has 2 unspecified atom stereocenters. The van der Waals surface area contributed by atoms with Gasteiger partial charge in [-0.1, -0.05) is 0 Å². The number of ether oxygens (including phenoxy) is 1. The molecule has 0 aliphatic heterocycles. The zero-order chi connectivity index (χ0) is 18.2. The first-order valence-electron chi connectivity index (χ1n) is 7.78. The molecule has 25 heavy (non-hydrogen) atoms. The van der Waals surface area contributed by atoms with Crippen LogP contribution in [-0.2, 0) is 9.53 Å². The van der Waals surface area contributed by atoms with E-state index >= 15 is 0 Å². The fourth-order valence-corrected chi connectivity index (χ4v) is 4.94. The van der Waals surface area contributed by atoms with Gasteiger partial charge in [-0.15, -0.1) is 0 Å². The summed E-state index contributed by atoms with van der Waals surface area (Å²) >= 11 is 5.83. The van der Waals surface area contributed by atoms with Gasteiger partial charge in [0.05, 0.1) is 0 Å². The molecular weight excluding hydrogens is 409 g/mol. The van der Waals surface area contributed by atoms with Gasteiger partial charge in [-0.25, -0.2) is 0 Å². The Morgan fingerprint density at radius 1 is 1.20 bits per heavy atom. The number of benzene rings is 2. The molecule has 2 aromatic carbocycles. The van der Waals surface area contributed by atoms with Gasteiger partial charge in [-0.2, -0.15) is 0 Å². The molecular formula is C18H18ClNO4Se. The molecule has 0 aliphatic rings. The molecule has 0 fully saturated rings. The van der Waals surface area contributed by atoms with Crippen molar-refractivity contribution in [1.29, 1.82) is 0 Å². The number of nitro groups is 1. The van der Waals surface area contributed by atoms with Crippen LogP contribution in [0.3, 0.4) is 0 Å². The second-order valence-corrected chi connectivity index (χ2v) is 8.37. The van der Waals surface area contributed by atoms with Gasteiger partial charge in [0.2, 0.25) is 0 Å². The quantitative estimate of drug-likeness (QED) is 0.282. The van der Waals surface area contributed by atoms with Gasteiger partial charge >= 0.3 is 158 Å². The first-order valence-corrected chi connectivity index (χ1v) is 10.0. The number of hydrogen-bond acceptors (Lipinski definition) is 4. The Morgan fingerprint density at radius 2 is 1.84 bits per heavy atom. The Balaban J connectivity index is 2.25. The molecule has 0 radical (unpaired) electrons. The van der Waals surface area contributed by atoms with E-state index in [2.05, 4.69) is 0 Å². The van der Waals surface area contributed by atoms with Gasteiger partial charge in [0.25, 0.3) is 0 Å². The van der Waals surface area contributed by atoms with Crippen LogP contribution in [0.4, 0.5) is 0 Å². The van der Waals surface area contributed by atoms with Crippen LogP contribution >= 0.6 is 11.6 Å². The molecule has 0 amide bonds. The van der Waals surface area contributed by atoms with Gasteiger partial charge in [-0.05, 0) is 0 Å². The number of nitrogens with zero attached hydrogens (tertiary/aromatic N) is 1. The monoisotopic (exact) mass is 427 g/mol. The molecule has 2 aromatic rings. The standard InChI is InChI=1S/C18H18ClNO4Se/c1-2-24-18(21)16(20(22)23)12-17(13-6-4-3-5-7-13)25-15-10-8-14(19)9-11-15/h3-11,16-17H,2,12H2,1H3. The van der Waals surface area contributed by atoms with Crippen molar-refractivity contribution < 1.29 is 14.5 Å². The molecule has 7 heteroatoms. The third-order valence-corrected chi connectivity index (χ3v) is 6.48. The number of esters is 1. The Hall–Kier alpha value is -1.88. The Kier molecular flexibility index (Phi) is 7.44. The number of rotatable bonds is 8. The number of halogens is 1. The van der Waals surface area contributed by atoms with Gasteiger partial charge in [0, 0.05) is 0 Å². The van der Waals surface area contributed by atoms with Crippen molar-refractivity contribution in [2.75, 3.05) is 6.61 Å². The van der Waals surface area contributed by atoms with Crippen molar-refractivity contribution in [2.45, 2.75) is 24.2 Å². The van der Waals surface area contributed by atoms with Crippen molar-refractivity contribution in [3.05, 3.63) is 75.3 Å². The topological polar surface area (TPSA) is 69.4 Å². The third kappa shape index (κ3) is 5.85. The van der Waals surface area contributed by atoms with Gasteiger partial charge in [0.1, 0.15) is 0 Å². The molecule has 0 saturated heterocycles.